The molecule has 0 aromatic heterocycles. The molecule has 2 aliphatic heterocycles. The van der Waals surface area contributed by atoms with Crippen LogP contribution in [-0.2, 0) is 14.2 Å². The number of hydrogen-bond donors (Lipinski definition) is 1. The second kappa shape index (κ2) is 9.85. The Balaban J connectivity index is 1.34. The van der Waals surface area contributed by atoms with Gasteiger partial charge in [-0.05, 0) is 25.3 Å². The van der Waals surface area contributed by atoms with E-state index in [1.165, 1.54) is 6.07 Å². The Morgan fingerprint density at radius 2 is 2.19 bits per heavy atom. The van der Waals surface area contributed by atoms with Crippen molar-refractivity contribution in [2.24, 2.45) is 0 Å². The molecule has 2 heterocycles. The molecule has 2 saturated heterocycles. The minimum atomic E-state index is -0.426. The molecule has 2 fully saturated rings. The maximum absolute atomic E-state index is 13.9. The Bertz CT molecular complexity index is 580. The summed E-state index contributed by atoms with van der Waals surface area (Å²) >= 11 is 0. The first-order valence-corrected chi connectivity index (χ1v) is 9.32. The Hall–Kier alpha value is -1.70. The van der Waals surface area contributed by atoms with E-state index in [-0.39, 0.29) is 18.0 Å². The third-order valence-corrected chi connectivity index (χ3v) is 4.68. The van der Waals surface area contributed by atoms with Crippen molar-refractivity contribution in [2.75, 3.05) is 46.1 Å². The van der Waals surface area contributed by atoms with Crippen LogP contribution in [0.4, 0.5) is 9.18 Å². The molecule has 2 atom stereocenters. The first-order chi connectivity index (χ1) is 12.7. The van der Waals surface area contributed by atoms with Crippen molar-refractivity contribution >= 4 is 6.03 Å². The SMILES string of the molecule is O=C(NCCCOC[C@H]1CCCO1)N1CCO[C@@H](c2ccccc2F)C1. The van der Waals surface area contributed by atoms with Crippen LogP contribution in [0.1, 0.15) is 30.9 Å². The van der Waals surface area contributed by atoms with E-state index in [1.54, 1.807) is 23.1 Å². The summed E-state index contributed by atoms with van der Waals surface area (Å²) in [6, 6.07) is 6.39. The summed E-state index contributed by atoms with van der Waals surface area (Å²) < 4.78 is 30.6. The highest BCUT2D eigenvalue weighted by molar-refractivity contribution is 5.74. The van der Waals surface area contributed by atoms with Gasteiger partial charge < -0.3 is 24.4 Å². The third kappa shape index (κ3) is 5.40. The largest absolute Gasteiger partial charge is 0.379 e. The van der Waals surface area contributed by atoms with Crippen molar-refractivity contribution in [3.63, 3.8) is 0 Å². The monoisotopic (exact) mass is 366 g/mol. The second-order valence-electron chi connectivity index (χ2n) is 6.62. The molecule has 0 spiro atoms. The van der Waals surface area contributed by atoms with Crippen LogP contribution in [0.25, 0.3) is 0 Å². The molecule has 1 aromatic rings. The van der Waals surface area contributed by atoms with Crippen LogP contribution in [0.2, 0.25) is 0 Å². The number of nitrogens with one attached hydrogen (secondary N) is 1. The Morgan fingerprint density at radius 1 is 1.31 bits per heavy atom. The minimum Gasteiger partial charge on any atom is -0.379 e. The minimum absolute atomic E-state index is 0.145. The predicted molar refractivity (Wildman–Crippen MR) is 94.5 cm³/mol. The van der Waals surface area contributed by atoms with E-state index in [4.69, 9.17) is 14.2 Å². The molecule has 3 rings (SSSR count). The number of morpholine rings is 1. The van der Waals surface area contributed by atoms with Crippen LogP contribution in [0.15, 0.2) is 24.3 Å². The summed E-state index contributed by atoms with van der Waals surface area (Å²) in [5.74, 6) is -0.303. The fraction of sp³-hybridized carbons (Fsp3) is 0.632. The van der Waals surface area contributed by atoms with E-state index in [2.05, 4.69) is 5.32 Å². The highest BCUT2D eigenvalue weighted by Crippen LogP contribution is 2.24. The number of hydrogen-bond acceptors (Lipinski definition) is 4. The van der Waals surface area contributed by atoms with Gasteiger partial charge in [-0.25, -0.2) is 9.18 Å². The van der Waals surface area contributed by atoms with Crippen molar-refractivity contribution in [1.29, 1.82) is 0 Å². The number of ether oxygens (including phenoxy) is 3. The molecule has 7 heteroatoms. The number of carbonyl (C=O) groups excluding carboxylic acids is 1. The maximum Gasteiger partial charge on any atom is 0.317 e. The fourth-order valence-electron chi connectivity index (χ4n) is 3.23. The third-order valence-electron chi connectivity index (χ3n) is 4.68. The maximum atomic E-state index is 13.9. The van der Waals surface area contributed by atoms with Gasteiger partial charge in [-0.15, -0.1) is 0 Å². The van der Waals surface area contributed by atoms with Gasteiger partial charge in [-0.3, -0.25) is 0 Å². The summed E-state index contributed by atoms with van der Waals surface area (Å²) in [5.41, 5.74) is 0.493. The van der Waals surface area contributed by atoms with Crippen LogP contribution in [0.5, 0.6) is 0 Å². The van der Waals surface area contributed by atoms with Gasteiger partial charge >= 0.3 is 6.03 Å². The number of urea groups is 1. The van der Waals surface area contributed by atoms with Crippen LogP contribution in [0.3, 0.4) is 0 Å². The van der Waals surface area contributed by atoms with Crippen molar-refractivity contribution in [2.45, 2.75) is 31.5 Å². The molecule has 1 aromatic carbocycles. The molecule has 2 amide bonds. The lowest BCUT2D eigenvalue weighted by Crippen LogP contribution is -2.47. The number of nitrogens with zero attached hydrogens (tertiary/aromatic N) is 1. The lowest BCUT2D eigenvalue weighted by atomic mass is 10.1. The molecule has 0 bridgehead atoms. The van der Waals surface area contributed by atoms with Crippen molar-refractivity contribution in [3.8, 4) is 0 Å². The molecular weight excluding hydrogens is 339 g/mol. The zero-order chi connectivity index (χ0) is 18.2. The van der Waals surface area contributed by atoms with Gasteiger partial charge in [0.1, 0.15) is 11.9 Å². The van der Waals surface area contributed by atoms with Crippen molar-refractivity contribution in [3.05, 3.63) is 35.6 Å². The number of benzene rings is 1. The molecular formula is C19H27FN2O4. The van der Waals surface area contributed by atoms with Gasteiger partial charge in [-0.2, -0.15) is 0 Å². The fourth-order valence-corrected chi connectivity index (χ4v) is 3.23. The number of carbonyl (C=O) groups is 1. The molecule has 1 N–H and O–H groups in total. The quantitative estimate of drug-likeness (QED) is 0.754. The molecule has 6 nitrogen and oxygen atoms in total. The molecule has 2 aliphatic rings. The molecule has 0 aliphatic carbocycles. The molecule has 0 unspecified atom stereocenters. The number of halogens is 1. The topological polar surface area (TPSA) is 60.0 Å². The lowest BCUT2D eigenvalue weighted by Gasteiger charge is -2.33. The summed E-state index contributed by atoms with van der Waals surface area (Å²) in [5, 5.41) is 2.89. The Labute approximate surface area is 153 Å². The van der Waals surface area contributed by atoms with Gasteiger partial charge in [0.25, 0.3) is 0 Å². The van der Waals surface area contributed by atoms with Crippen molar-refractivity contribution < 1.29 is 23.4 Å². The van der Waals surface area contributed by atoms with E-state index >= 15 is 0 Å². The molecule has 144 valence electrons. The lowest BCUT2D eigenvalue weighted by molar-refractivity contribution is -0.0172. The normalized spacial score (nSPS) is 23.2. The number of amides is 2. The van der Waals surface area contributed by atoms with Gasteiger partial charge in [0.05, 0.1) is 25.9 Å². The first-order valence-electron chi connectivity index (χ1n) is 9.32. The van der Waals surface area contributed by atoms with E-state index in [9.17, 15) is 9.18 Å². The zero-order valence-corrected chi connectivity index (χ0v) is 15.0. The second-order valence-corrected chi connectivity index (χ2v) is 6.62. The summed E-state index contributed by atoms with van der Waals surface area (Å²) in [4.78, 5) is 14.0. The molecule has 0 radical (unpaired) electrons. The first kappa shape index (κ1) is 19.1. The average Bonchev–Trinajstić information content (AvgIpc) is 3.18. The van der Waals surface area contributed by atoms with Crippen LogP contribution >= 0.6 is 0 Å². The van der Waals surface area contributed by atoms with E-state index < -0.39 is 6.10 Å². The zero-order valence-electron chi connectivity index (χ0n) is 15.0. The Kier molecular flexibility index (Phi) is 7.22. The van der Waals surface area contributed by atoms with Gasteiger partial charge in [0.15, 0.2) is 0 Å². The Morgan fingerprint density at radius 3 is 3.00 bits per heavy atom. The average molecular weight is 366 g/mol. The van der Waals surface area contributed by atoms with Gasteiger partial charge in [-0.1, -0.05) is 18.2 Å². The summed E-state index contributed by atoms with van der Waals surface area (Å²) in [6.45, 7) is 3.86. The van der Waals surface area contributed by atoms with Gasteiger partial charge in [0, 0.05) is 31.9 Å². The van der Waals surface area contributed by atoms with E-state index in [1.807, 2.05) is 0 Å². The summed E-state index contributed by atoms with van der Waals surface area (Å²) in [7, 11) is 0. The van der Waals surface area contributed by atoms with E-state index in [0.717, 1.165) is 25.9 Å². The van der Waals surface area contributed by atoms with Crippen LogP contribution in [-0.4, -0.2) is 63.1 Å². The van der Waals surface area contributed by atoms with Crippen LogP contribution < -0.4 is 5.32 Å². The number of rotatable bonds is 7. The highest BCUT2D eigenvalue weighted by Gasteiger charge is 2.26. The highest BCUT2D eigenvalue weighted by atomic mass is 19.1. The molecule has 0 saturated carbocycles. The predicted octanol–water partition coefficient (Wildman–Crippen LogP) is 2.49. The van der Waals surface area contributed by atoms with E-state index in [0.29, 0.717) is 45.0 Å². The standard InChI is InChI=1S/C19H27FN2O4/c20-17-7-2-1-6-16(17)18-13-22(9-12-26-18)19(23)21-8-4-10-24-14-15-5-3-11-25-15/h1-2,6-7,15,18H,3-5,8-14H2,(H,21,23)/t15-,18-/m1/s1. The van der Waals surface area contributed by atoms with Crippen molar-refractivity contribution in [1.82, 2.24) is 10.2 Å². The smallest absolute Gasteiger partial charge is 0.317 e. The molecule has 26 heavy (non-hydrogen) atoms. The van der Waals surface area contributed by atoms with Crippen LogP contribution in [0, 0.1) is 5.82 Å². The summed E-state index contributed by atoms with van der Waals surface area (Å²) in [6.07, 6.45) is 2.73. The van der Waals surface area contributed by atoms with Gasteiger partial charge in [0.2, 0.25) is 0 Å².